The second kappa shape index (κ2) is 7.93. The molecule has 0 aliphatic rings. The number of likely N-dealkylation sites (N-methyl/N-ethyl adjacent to an activating group) is 1. The first-order valence-electron chi connectivity index (χ1n) is 5.92. The molecule has 0 unspecified atom stereocenters. The van der Waals surface area contributed by atoms with Crippen LogP contribution in [-0.4, -0.2) is 56.2 Å². The van der Waals surface area contributed by atoms with Gasteiger partial charge in [0, 0.05) is 13.1 Å². The molecule has 3 N–H and O–H groups in total. The Balaban J connectivity index is 2.29. The predicted molar refractivity (Wildman–Crippen MR) is 75.4 cm³/mol. The monoisotopic (exact) mass is 286 g/mol. The lowest BCUT2D eigenvalue weighted by Crippen LogP contribution is -2.29. The third-order valence-electron chi connectivity index (χ3n) is 2.36. The van der Waals surface area contributed by atoms with Crippen LogP contribution in [0.5, 0.6) is 0 Å². The van der Waals surface area contributed by atoms with Gasteiger partial charge >= 0.3 is 0 Å². The number of rotatable bonds is 7. The van der Waals surface area contributed by atoms with Gasteiger partial charge in [0.15, 0.2) is 0 Å². The molecule has 0 atom stereocenters. The van der Waals surface area contributed by atoms with Crippen LogP contribution in [0.2, 0.25) is 5.15 Å². The van der Waals surface area contributed by atoms with Crippen LogP contribution in [0.1, 0.15) is 10.4 Å². The maximum absolute atomic E-state index is 11.8. The van der Waals surface area contributed by atoms with Crippen molar-refractivity contribution in [1.29, 1.82) is 0 Å². The van der Waals surface area contributed by atoms with Crippen LogP contribution in [0.4, 0.5) is 5.69 Å². The number of hydrogen-bond donors (Lipinski definition) is 2. The van der Waals surface area contributed by atoms with Gasteiger partial charge in [-0.3, -0.25) is 4.79 Å². The molecule has 0 radical (unpaired) electrons. The van der Waals surface area contributed by atoms with Crippen molar-refractivity contribution in [3.63, 3.8) is 0 Å². The Kier molecular flexibility index (Phi) is 6.55. The molecule has 6 nitrogen and oxygen atoms in total. The topological polar surface area (TPSA) is 80.5 Å². The van der Waals surface area contributed by atoms with Crippen LogP contribution in [-0.2, 0) is 4.74 Å². The van der Waals surface area contributed by atoms with E-state index in [0.717, 1.165) is 6.54 Å². The number of nitrogens with two attached hydrogens (primary N) is 1. The summed E-state index contributed by atoms with van der Waals surface area (Å²) in [5, 5.41) is 2.95. The number of carbonyl (C=O) groups is 1. The summed E-state index contributed by atoms with van der Waals surface area (Å²) in [7, 11) is 3.95. The lowest BCUT2D eigenvalue weighted by molar-refractivity contribution is 0.0901. The van der Waals surface area contributed by atoms with Gasteiger partial charge in [-0.15, -0.1) is 0 Å². The van der Waals surface area contributed by atoms with Crippen LogP contribution >= 0.6 is 11.6 Å². The third-order valence-corrected chi connectivity index (χ3v) is 2.57. The van der Waals surface area contributed by atoms with Crippen molar-refractivity contribution in [2.45, 2.75) is 0 Å². The first kappa shape index (κ1) is 15.7. The zero-order valence-corrected chi connectivity index (χ0v) is 11.9. The summed E-state index contributed by atoms with van der Waals surface area (Å²) in [6.07, 6.45) is 1.37. The molecular formula is C12H19ClN4O2. The summed E-state index contributed by atoms with van der Waals surface area (Å²) in [5.41, 5.74) is 6.29. The molecule has 0 saturated carbocycles. The van der Waals surface area contributed by atoms with E-state index >= 15 is 0 Å². The molecule has 1 heterocycles. The lowest BCUT2D eigenvalue weighted by atomic mass is 10.2. The third kappa shape index (κ3) is 5.87. The Labute approximate surface area is 117 Å². The highest BCUT2D eigenvalue weighted by molar-refractivity contribution is 6.29. The summed E-state index contributed by atoms with van der Waals surface area (Å²) < 4.78 is 5.36. The minimum Gasteiger partial charge on any atom is -0.397 e. The summed E-state index contributed by atoms with van der Waals surface area (Å²) in [6.45, 7) is 2.36. The molecular weight excluding hydrogens is 268 g/mol. The second-order valence-corrected chi connectivity index (χ2v) is 4.65. The smallest absolute Gasteiger partial charge is 0.253 e. The van der Waals surface area contributed by atoms with Crippen molar-refractivity contribution in [3.8, 4) is 0 Å². The quantitative estimate of drug-likeness (QED) is 0.567. The molecule has 0 aliphatic carbocycles. The van der Waals surface area contributed by atoms with Gasteiger partial charge in [0.1, 0.15) is 5.15 Å². The van der Waals surface area contributed by atoms with Crippen molar-refractivity contribution >= 4 is 23.2 Å². The number of nitrogens with zero attached hydrogens (tertiary/aromatic N) is 2. The van der Waals surface area contributed by atoms with E-state index in [9.17, 15) is 4.79 Å². The fourth-order valence-electron chi connectivity index (χ4n) is 1.32. The average Bonchev–Trinajstić information content (AvgIpc) is 2.36. The van der Waals surface area contributed by atoms with Gasteiger partial charge in [-0.25, -0.2) is 4.98 Å². The molecule has 1 aromatic rings. The van der Waals surface area contributed by atoms with Gasteiger partial charge in [0.2, 0.25) is 0 Å². The highest BCUT2D eigenvalue weighted by Gasteiger charge is 2.10. The molecule has 1 amide bonds. The van der Waals surface area contributed by atoms with E-state index in [0.29, 0.717) is 31.0 Å². The van der Waals surface area contributed by atoms with Crippen LogP contribution in [0.25, 0.3) is 0 Å². The van der Waals surface area contributed by atoms with E-state index in [1.54, 1.807) is 0 Å². The number of anilines is 1. The van der Waals surface area contributed by atoms with Crippen molar-refractivity contribution in [3.05, 3.63) is 23.0 Å². The van der Waals surface area contributed by atoms with Crippen LogP contribution in [0, 0.1) is 0 Å². The molecule has 0 saturated heterocycles. The fraction of sp³-hybridized carbons (Fsp3) is 0.500. The van der Waals surface area contributed by atoms with E-state index in [1.807, 2.05) is 19.0 Å². The second-order valence-electron chi connectivity index (χ2n) is 4.27. The van der Waals surface area contributed by atoms with Gasteiger partial charge in [-0.05, 0) is 20.2 Å². The number of amides is 1. The molecule has 0 aromatic carbocycles. The van der Waals surface area contributed by atoms with Crippen molar-refractivity contribution < 1.29 is 9.53 Å². The lowest BCUT2D eigenvalue weighted by Gasteiger charge is -2.10. The molecule has 0 aliphatic heterocycles. The fourth-order valence-corrected chi connectivity index (χ4v) is 1.48. The van der Waals surface area contributed by atoms with E-state index in [4.69, 9.17) is 22.1 Å². The Bertz CT molecular complexity index is 426. The highest BCUT2D eigenvalue weighted by atomic mass is 35.5. The number of carbonyl (C=O) groups excluding carboxylic acids is 1. The van der Waals surface area contributed by atoms with E-state index in [-0.39, 0.29) is 11.1 Å². The maximum Gasteiger partial charge on any atom is 0.253 e. The minimum atomic E-state index is -0.280. The number of ether oxygens (including phenoxy) is 1. The Morgan fingerprint density at radius 1 is 1.53 bits per heavy atom. The number of nitrogens with one attached hydrogen (secondary N) is 1. The Morgan fingerprint density at radius 3 is 2.95 bits per heavy atom. The molecule has 1 rings (SSSR count). The molecule has 0 fully saturated rings. The number of halogens is 1. The summed E-state index contributed by atoms with van der Waals surface area (Å²) in [4.78, 5) is 17.6. The van der Waals surface area contributed by atoms with Crippen LogP contribution in [0.3, 0.4) is 0 Å². The standard InChI is InChI=1S/C12H19ClN4O2/c1-17(2)4-6-19-5-3-15-12(18)9-7-11(13)16-8-10(9)14/h7-8H,3-6,14H2,1-2H3,(H,15,18). The van der Waals surface area contributed by atoms with Crippen molar-refractivity contribution in [2.75, 3.05) is 46.1 Å². The SMILES string of the molecule is CN(C)CCOCCNC(=O)c1cc(Cl)ncc1N. The zero-order valence-electron chi connectivity index (χ0n) is 11.1. The van der Waals surface area contributed by atoms with E-state index < -0.39 is 0 Å². The zero-order chi connectivity index (χ0) is 14.3. The van der Waals surface area contributed by atoms with Gasteiger partial charge in [-0.1, -0.05) is 11.6 Å². The number of nitrogen functional groups attached to an aromatic ring is 1. The molecule has 0 spiro atoms. The normalized spacial score (nSPS) is 10.7. The molecule has 106 valence electrons. The summed E-state index contributed by atoms with van der Waals surface area (Å²) >= 11 is 5.72. The molecule has 19 heavy (non-hydrogen) atoms. The van der Waals surface area contributed by atoms with Gasteiger partial charge in [0.05, 0.1) is 30.7 Å². The molecule has 7 heteroatoms. The van der Waals surface area contributed by atoms with Gasteiger partial charge in [-0.2, -0.15) is 0 Å². The first-order chi connectivity index (χ1) is 9.00. The van der Waals surface area contributed by atoms with Gasteiger partial charge < -0.3 is 20.7 Å². The summed E-state index contributed by atoms with van der Waals surface area (Å²) in [5.74, 6) is -0.280. The van der Waals surface area contributed by atoms with Crippen molar-refractivity contribution in [1.82, 2.24) is 15.2 Å². The number of pyridine rings is 1. The summed E-state index contributed by atoms with van der Waals surface area (Å²) in [6, 6.07) is 1.44. The number of hydrogen-bond acceptors (Lipinski definition) is 5. The Hall–Kier alpha value is -1.37. The van der Waals surface area contributed by atoms with E-state index in [1.165, 1.54) is 12.3 Å². The predicted octanol–water partition coefficient (Wildman–Crippen LogP) is 0.625. The van der Waals surface area contributed by atoms with Crippen LogP contribution in [0.15, 0.2) is 12.3 Å². The van der Waals surface area contributed by atoms with Crippen LogP contribution < -0.4 is 11.1 Å². The minimum absolute atomic E-state index is 0.238. The average molecular weight is 287 g/mol. The molecule has 0 bridgehead atoms. The molecule has 1 aromatic heterocycles. The number of aromatic nitrogens is 1. The largest absolute Gasteiger partial charge is 0.397 e. The first-order valence-corrected chi connectivity index (χ1v) is 6.30. The van der Waals surface area contributed by atoms with E-state index in [2.05, 4.69) is 10.3 Å². The van der Waals surface area contributed by atoms with Gasteiger partial charge in [0.25, 0.3) is 5.91 Å². The highest BCUT2D eigenvalue weighted by Crippen LogP contribution is 2.14. The Morgan fingerprint density at radius 2 is 2.26 bits per heavy atom. The van der Waals surface area contributed by atoms with Crippen molar-refractivity contribution in [2.24, 2.45) is 0 Å². The maximum atomic E-state index is 11.8.